The normalized spacial score (nSPS) is 10.6. The number of rotatable bonds is 0. The summed E-state index contributed by atoms with van der Waals surface area (Å²) in [7, 11) is 0. The molecule has 2 aromatic carbocycles. The van der Waals surface area contributed by atoms with Gasteiger partial charge in [0, 0.05) is 10.0 Å². The van der Waals surface area contributed by atoms with Crippen LogP contribution in [0.5, 0.6) is 0 Å². The highest BCUT2D eigenvalue weighted by Gasteiger charge is 2.01. The van der Waals surface area contributed by atoms with Crippen LogP contribution in [0, 0.1) is 0 Å². The third kappa shape index (κ3) is 3.08. The van der Waals surface area contributed by atoms with Crippen LogP contribution in [0.3, 0.4) is 0 Å². The number of benzene rings is 2. The van der Waals surface area contributed by atoms with E-state index in [4.69, 9.17) is 37.8 Å². The van der Waals surface area contributed by atoms with Crippen LogP contribution in [0.2, 0.25) is 10.0 Å². The monoisotopic (exact) mass is 337 g/mol. The summed E-state index contributed by atoms with van der Waals surface area (Å²) in [5.41, 5.74) is 7.82. The van der Waals surface area contributed by atoms with Crippen LogP contribution in [-0.4, -0.2) is 9.97 Å². The zero-order chi connectivity index (χ0) is 15.7. The number of aromatic nitrogens is 2. The fourth-order valence-electron chi connectivity index (χ4n) is 1.84. The van der Waals surface area contributed by atoms with Crippen LogP contribution in [0.25, 0.3) is 22.2 Å². The predicted octanol–water partition coefficient (Wildman–Crippen LogP) is 3.84. The Hall–Kier alpha value is -2.44. The fraction of sp³-hybridized carbons (Fsp3) is 0. The first-order valence-electron chi connectivity index (χ1n) is 6.11. The van der Waals surface area contributed by atoms with E-state index in [0.717, 1.165) is 0 Å². The summed E-state index contributed by atoms with van der Waals surface area (Å²) in [6.07, 6.45) is 0. The van der Waals surface area contributed by atoms with E-state index in [9.17, 15) is 4.79 Å². The molecular weight excluding hydrogens is 329 g/mol. The average Bonchev–Trinajstić information content (AvgIpc) is 2.99. The molecule has 0 radical (unpaired) electrons. The van der Waals surface area contributed by atoms with Crippen molar-refractivity contribution in [1.29, 1.82) is 0 Å². The van der Waals surface area contributed by atoms with E-state index >= 15 is 0 Å². The van der Waals surface area contributed by atoms with Gasteiger partial charge in [-0.1, -0.05) is 23.2 Å². The van der Waals surface area contributed by atoms with Gasteiger partial charge in [-0.05, 0) is 36.4 Å². The van der Waals surface area contributed by atoms with Crippen LogP contribution >= 0.6 is 23.2 Å². The van der Waals surface area contributed by atoms with Gasteiger partial charge in [0.05, 0.1) is 5.52 Å². The Bertz CT molecular complexity index is 1000. The van der Waals surface area contributed by atoms with E-state index < -0.39 is 5.76 Å². The first kappa shape index (κ1) is 14.5. The molecule has 2 heterocycles. The molecule has 0 unspecified atom stereocenters. The molecule has 0 spiro atoms. The molecule has 4 rings (SSSR count). The van der Waals surface area contributed by atoms with Gasteiger partial charge in [-0.3, -0.25) is 4.98 Å². The van der Waals surface area contributed by atoms with Crippen molar-refractivity contribution in [3.8, 4) is 0 Å². The fourth-order valence-corrected chi connectivity index (χ4v) is 2.18. The molecule has 0 atom stereocenters. The zero-order valence-corrected chi connectivity index (χ0v) is 12.5. The molecule has 6 nitrogen and oxygen atoms in total. The number of nitrogens with zero attached hydrogens (tertiary/aromatic N) is 1. The van der Waals surface area contributed by atoms with E-state index in [-0.39, 0.29) is 6.01 Å². The number of nitrogen functional groups attached to an aromatic ring is 1. The van der Waals surface area contributed by atoms with Gasteiger partial charge in [0.25, 0.3) is 6.01 Å². The summed E-state index contributed by atoms with van der Waals surface area (Å²) in [4.78, 5) is 17.0. The molecule has 0 aliphatic carbocycles. The lowest BCUT2D eigenvalue weighted by molar-refractivity contribution is 0.555. The van der Waals surface area contributed by atoms with Crippen molar-refractivity contribution in [1.82, 2.24) is 9.97 Å². The van der Waals surface area contributed by atoms with E-state index in [1.807, 2.05) is 0 Å². The topological polar surface area (TPSA) is 98.0 Å². The Morgan fingerprint density at radius 1 is 1.00 bits per heavy atom. The molecule has 0 saturated heterocycles. The molecule has 0 bridgehead atoms. The number of nitrogens with two attached hydrogens (primary N) is 1. The van der Waals surface area contributed by atoms with Gasteiger partial charge >= 0.3 is 5.76 Å². The van der Waals surface area contributed by atoms with E-state index in [2.05, 4.69) is 9.97 Å². The number of oxazole rings is 2. The Labute approximate surface area is 133 Å². The van der Waals surface area contributed by atoms with Crippen molar-refractivity contribution in [3.05, 3.63) is 57.0 Å². The zero-order valence-electron chi connectivity index (χ0n) is 11.0. The third-order valence-electron chi connectivity index (χ3n) is 2.75. The van der Waals surface area contributed by atoms with Gasteiger partial charge in [-0.2, -0.15) is 4.98 Å². The van der Waals surface area contributed by atoms with Crippen molar-refractivity contribution < 1.29 is 8.83 Å². The molecule has 8 heteroatoms. The van der Waals surface area contributed by atoms with Crippen molar-refractivity contribution in [3.63, 3.8) is 0 Å². The van der Waals surface area contributed by atoms with Crippen LogP contribution in [0.4, 0.5) is 6.01 Å². The quantitative estimate of drug-likeness (QED) is 0.508. The highest BCUT2D eigenvalue weighted by molar-refractivity contribution is 6.31. The first-order chi connectivity index (χ1) is 10.5. The Balaban J connectivity index is 0.000000131. The molecular formula is C14H9Cl2N3O3. The molecule has 0 saturated carbocycles. The summed E-state index contributed by atoms with van der Waals surface area (Å²) >= 11 is 11.4. The number of fused-ring (bicyclic) bond motifs is 2. The lowest BCUT2D eigenvalue weighted by atomic mass is 10.3. The Morgan fingerprint density at radius 2 is 1.68 bits per heavy atom. The molecule has 4 aromatic rings. The highest BCUT2D eigenvalue weighted by atomic mass is 35.5. The van der Waals surface area contributed by atoms with Crippen molar-refractivity contribution >= 4 is 51.4 Å². The van der Waals surface area contributed by atoms with Gasteiger partial charge in [-0.15, -0.1) is 0 Å². The predicted molar refractivity (Wildman–Crippen MR) is 85.3 cm³/mol. The number of hydrogen-bond donors (Lipinski definition) is 2. The molecule has 0 amide bonds. The van der Waals surface area contributed by atoms with Gasteiger partial charge in [0.15, 0.2) is 11.2 Å². The second-order valence-electron chi connectivity index (χ2n) is 4.32. The molecule has 22 heavy (non-hydrogen) atoms. The number of aromatic amines is 1. The van der Waals surface area contributed by atoms with E-state index in [1.54, 1.807) is 36.4 Å². The second kappa shape index (κ2) is 5.75. The molecule has 112 valence electrons. The average molecular weight is 338 g/mol. The summed E-state index contributed by atoms with van der Waals surface area (Å²) in [6, 6.07) is 10.3. The first-order valence-corrected chi connectivity index (χ1v) is 6.87. The molecule has 0 aliphatic rings. The van der Waals surface area contributed by atoms with Crippen molar-refractivity contribution in [2.75, 3.05) is 5.73 Å². The summed E-state index contributed by atoms with van der Waals surface area (Å²) in [5.74, 6) is -0.456. The van der Waals surface area contributed by atoms with E-state index in [0.29, 0.717) is 32.2 Å². The Morgan fingerprint density at radius 3 is 2.45 bits per heavy atom. The van der Waals surface area contributed by atoms with E-state index in [1.165, 1.54) is 0 Å². The standard InChI is InChI=1S/C7H5ClN2O.C7H4ClNO2/c8-4-1-2-6-5(3-4)10-7(9)11-6;8-4-1-2-6-5(3-4)9-7(10)11-6/h1-3H,(H2,9,10);1-3H,(H,9,10). The second-order valence-corrected chi connectivity index (χ2v) is 5.19. The molecule has 0 fully saturated rings. The molecule has 3 N–H and O–H groups in total. The summed E-state index contributed by atoms with van der Waals surface area (Å²) in [6.45, 7) is 0. The van der Waals surface area contributed by atoms with Crippen LogP contribution in [0.15, 0.2) is 50.0 Å². The smallest absolute Gasteiger partial charge is 0.417 e. The number of H-pyrrole nitrogens is 1. The lowest BCUT2D eigenvalue weighted by Gasteiger charge is -1.86. The van der Waals surface area contributed by atoms with Crippen molar-refractivity contribution in [2.45, 2.75) is 0 Å². The Kier molecular flexibility index (Phi) is 3.79. The maximum atomic E-state index is 10.6. The lowest BCUT2D eigenvalue weighted by Crippen LogP contribution is -1.92. The minimum absolute atomic E-state index is 0.169. The maximum Gasteiger partial charge on any atom is 0.417 e. The van der Waals surface area contributed by atoms with Gasteiger partial charge < -0.3 is 14.6 Å². The SMILES string of the molecule is Nc1nc2cc(Cl)ccc2o1.O=c1[nH]c2cc(Cl)ccc2o1. The largest absolute Gasteiger partial charge is 0.424 e. The number of halogens is 2. The minimum atomic E-state index is -0.456. The summed E-state index contributed by atoms with van der Waals surface area (Å²) in [5, 5.41) is 1.21. The molecule has 0 aliphatic heterocycles. The van der Waals surface area contributed by atoms with Gasteiger partial charge in [-0.25, -0.2) is 4.79 Å². The van der Waals surface area contributed by atoms with Crippen LogP contribution in [0.1, 0.15) is 0 Å². The number of anilines is 1. The third-order valence-corrected chi connectivity index (χ3v) is 3.22. The highest BCUT2D eigenvalue weighted by Crippen LogP contribution is 2.20. The minimum Gasteiger partial charge on any atom is -0.424 e. The molecule has 2 aromatic heterocycles. The van der Waals surface area contributed by atoms with Gasteiger partial charge in [0.2, 0.25) is 0 Å². The van der Waals surface area contributed by atoms with Gasteiger partial charge in [0.1, 0.15) is 5.52 Å². The van der Waals surface area contributed by atoms with Crippen LogP contribution < -0.4 is 11.5 Å². The number of nitrogens with one attached hydrogen (secondary N) is 1. The maximum absolute atomic E-state index is 10.6. The summed E-state index contributed by atoms with van der Waals surface area (Å²) < 4.78 is 9.78. The van der Waals surface area contributed by atoms with Crippen LogP contribution in [-0.2, 0) is 0 Å². The van der Waals surface area contributed by atoms with Crippen molar-refractivity contribution in [2.24, 2.45) is 0 Å². The number of hydrogen-bond acceptors (Lipinski definition) is 5.